The monoisotopic (exact) mass is 468 g/mol. The molecule has 4 aromatic rings. The third-order valence-electron chi connectivity index (χ3n) is 6.90. The Morgan fingerprint density at radius 1 is 1.03 bits per heavy atom. The van der Waals surface area contributed by atoms with E-state index in [2.05, 4.69) is 70.0 Å². The number of imidazole rings is 1. The summed E-state index contributed by atoms with van der Waals surface area (Å²) < 4.78 is 3.83. The summed E-state index contributed by atoms with van der Waals surface area (Å²) in [6, 6.07) is 16.4. The molecule has 5 rings (SSSR count). The van der Waals surface area contributed by atoms with Gasteiger partial charge in [-0.1, -0.05) is 80.8 Å². The van der Waals surface area contributed by atoms with Crippen LogP contribution in [0.1, 0.15) is 56.7 Å². The Kier molecular flexibility index (Phi) is 7.02. The van der Waals surface area contributed by atoms with Gasteiger partial charge in [0.2, 0.25) is 5.82 Å². The SMILES string of the molecule is CCC=Cc1cn(CC2CCCCC2)c(=O)n1Cc1ccc(-c2ccccc2-c2nn[nH]n2)cc1. The van der Waals surface area contributed by atoms with Gasteiger partial charge in [0.1, 0.15) is 0 Å². The van der Waals surface area contributed by atoms with Crippen molar-refractivity contribution in [1.82, 2.24) is 29.8 Å². The van der Waals surface area contributed by atoms with Crippen LogP contribution in [0.3, 0.4) is 0 Å². The molecule has 1 aliphatic rings. The van der Waals surface area contributed by atoms with Crippen LogP contribution in [0.15, 0.2) is 65.6 Å². The molecule has 1 aliphatic carbocycles. The average molecular weight is 469 g/mol. The number of aromatic amines is 1. The number of tetrazole rings is 1. The summed E-state index contributed by atoms with van der Waals surface area (Å²) in [5.74, 6) is 1.18. The largest absolute Gasteiger partial charge is 0.328 e. The maximum Gasteiger partial charge on any atom is 0.328 e. The minimum atomic E-state index is 0.0813. The summed E-state index contributed by atoms with van der Waals surface area (Å²) in [5.41, 5.74) is 5.19. The fourth-order valence-electron chi connectivity index (χ4n) is 5.04. The van der Waals surface area contributed by atoms with Gasteiger partial charge in [-0.3, -0.25) is 9.13 Å². The highest BCUT2D eigenvalue weighted by atomic mass is 16.1. The van der Waals surface area contributed by atoms with Crippen molar-refractivity contribution in [1.29, 1.82) is 0 Å². The smallest absolute Gasteiger partial charge is 0.298 e. The maximum atomic E-state index is 13.4. The minimum Gasteiger partial charge on any atom is -0.298 e. The molecule has 2 aromatic carbocycles. The summed E-state index contributed by atoms with van der Waals surface area (Å²) in [6.07, 6.45) is 13.5. The zero-order valence-corrected chi connectivity index (χ0v) is 20.2. The van der Waals surface area contributed by atoms with Crippen LogP contribution in [-0.4, -0.2) is 29.8 Å². The van der Waals surface area contributed by atoms with E-state index in [1.54, 1.807) is 0 Å². The summed E-state index contributed by atoms with van der Waals surface area (Å²) in [7, 11) is 0. The van der Waals surface area contributed by atoms with Crippen LogP contribution in [0.5, 0.6) is 0 Å². The van der Waals surface area contributed by atoms with Gasteiger partial charge < -0.3 is 0 Å². The molecule has 0 aliphatic heterocycles. The molecule has 7 nitrogen and oxygen atoms in total. The van der Waals surface area contributed by atoms with Gasteiger partial charge in [0.15, 0.2) is 0 Å². The zero-order chi connectivity index (χ0) is 24.0. The van der Waals surface area contributed by atoms with Gasteiger partial charge in [0, 0.05) is 18.3 Å². The number of nitrogens with zero attached hydrogens (tertiary/aromatic N) is 5. The molecule has 0 bridgehead atoms. The van der Waals surface area contributed by atoms with Crippen molar-refractivity contribution in [3.8, 4) is 22.5 Å². The number of hydrogen-bond donors (Lipinski definition) is 1. The average Bonchev–Trinajstić information content (AvgIpc) is 3.54. The minimum absolute atomic E-state index is 0.0813. The van der Waals surface area contributed by atoms with Crippen LogP contribution in [0.4, 0.5) is 0 Å². The number of H-pyrrole nitrogens is 1. The van der Waals surface area contributed by atoms with E-state index in [1.807, 2.05) is 33.5 Å². The molecule has 0 saturated heterocycles. The van der Waals surface area contributed by atoms with E-state index in [-0.39, 0.29) is 5.69 Å². The maximum absolute atomic E-state index is 13.4. The Morgan fingerprint density at radius 2 is 1.80 bits per heavy atom. The lowest BCUT2D eigenvalue weighted by molar-refractivity contribution is 0.315. The first-order valence-corrected chi connectivity index (χ1v) is 12.6. The Labute approximate surface area is 205 Å². The van der Waals surface area contributed by atoms with Gasteiger partial charge in [0.25, 0.3) is 0 Å². The Morgan fingerprint density at radius 3 is 2.51 bits per heavy atom. The van der Waals surface area contributed by atoms with Crippen LogP contribution in [0, 0.1) is 5.92 Å². The summed E-state index contributed by atoms with van der Waals surface area (Å²) >= 11 is 0. The van der Waals surface area contributed by atoms with Crippen LogP contribution in [0.25, 0.3) is 28.6 Å². The molecule has 0 spiro atoms. The molecule has 1 saturated carbocycles. The number of nitrogens with one attached hydrogen (secondary N) is 1. The lowest BCUT2D eigenvalue weighted by Crippen LogP contribution is -2.28. The van der Waals surface area contributed by atoms with Crippen molar-refractivity contribution < 1.29 is 0 Å². The molecule has 35 heavy (non-hydrogen) atoms. The summed E-state index contributed by atoms with van der Waals surface area (Å²) in [6.45, 7) is 3.49. The molecule has 2 heterocycles. The van der Waals surface area contributed by atoms with Gasteiger partial charge in [0.05, 0.1) is 12.2 Å². The zero-order valence-electron chi connectivity index (χ0n) is 20.2. The van der Waals surface area contributed by atoms with E-state index < -0.39 is 0 Å². The van der Waals surface area contributed by atoms with E-state index in [9.17, 15) is 4.79 Å². The lowest BCUT2D eigenvalue weighted by Gasteiger charge is -2.21. The second kappa shape index (κ2) is 10.7. The predicted molar refractivity (Wildman–Crippen MR) is 139 cm³/mol. The second-order valence-electron chi connectivity index (χ2n) is 9.37. The number of allylic oxidation sites excluding steroid dienone is 1. The highest BCUT2D eigenvalue weighted by Crippen LogP contribution is 2.30. The Bertz CT molecular complexity index is 1320. The quantitative estimate of drug-likeness (QED) is 0.368. The van der Waals surface area contributed by atoms with Crippen LogP contribution in [-0.2, 0) is 13.1 Å². The highest BCUT2D eigenvalue weighted by Gasteiger charge is 2.17. The summed E-state index contributed by atoms with van der Waals surface area (Å²) in [4.78, 5) is 13.4. The predicted octanol–water partition coefficient (Wildman–Crippen LogP) is 5.55. The molecular weight excluding hydrogens is 436 g/mol. The third kappa shape index (κ3) is 5.19. The Hall–Kier alpha value is -3.74. The van der Waals surface area contributed by atoms with E-state index in [0.717, 1.165) is 40.9 Å². The van der Waals surface area contributed by atoms with Crippen LogP contribution in [0.2, 0.25) is 0 Å². The molecule has 7 heteroatoms. The first-order chi connectivity index (χ1) is 17.2. The molecule has 1 N–H and O–H groups in total. The van der Waals surface area contributed by atoms with E-state index in [1.165, 1.54) is 32.1 Å². The number of rotatable bonds is 8. The van der Waals surface area contributed by atoms with Gasteiger partial charge >= 0.3 is 5.69 Å². The molecule has 0 radical (unpaired) electrons. The van der Waals surface area contributed by atoms with Crippen molar-refractivity contribution in [3.63, 3.8) is 0 Å². The molecule has 0 unspecified atom stereocenters. The summed E-state index contributed by atoms with van der Waals surface area (Å²) in [5, 5.41) is 14.5. The molecule has 2 aromatic heterocycles. The van der Waals surface area contributed by atoms with Gasteiger partial charge in [-0.2, -0.15) is 5.21 Å². The third-order valence-corrected chi connectivity index (χ3v) is 6.90. The van der Waals surface area contributed by atoms with Gasteiger partial charge in [-0.25, -0.2) is 4.79 Å². The molecule has 0 amide bonds. The van der Waals surface area contributed by atoms with E-state index in [0.29, 0.717) is 18.3 Å². The van der Waals surface area contributed by atoms with E-state index >= 15 is 0 Å². The topological polar surface area (TPSA) is 81.4 Å². The first kappa shape index (κ1) is 23.0. The second-order valence-corrected chi connectivity index (χ2v) is 9.37. The fourth-order valence-corrected chi connectivity index (χ4v) is 5.04. The molecular formula is C28H32N6O. The van der Waals surface area contributed by atoms with Crippen molar-refractivity contribution in [2.45, 2.75) is 58.5 Å². The highest BCUT2D eigenvalue weighted by molar-refractivity contribution is 5.80. The molecule has 0 atom stereocenters. The van der Waals surface area contributed by atoms with Gasteiger partial charge in [-0.05, 0) is 53.2 Å². The van der Waals surface area contributed by atoms with Crippen molar-refractivity contribution in [2.24, 2.45) is 5.92 Å². The standard InChI is InChI=1S/C28H32N6O/c1-2-3-11-24-20-33(18-21-9-5-4-6-10-21)28(35)34(24)19-22-14-16-23(17-15-22)25-12-7-8-13-26(25)27-29-31-32-30-27/h3,7-8,11-17,20-21H,2,4-6,9-10,18-19H2,1H3,(H,29,30,31,32). The number of benzene rings is 2. The van der Waals surface area contributed by atoms with Crippen LogP contribution >= 0.6 is 0 Å². The number of aromatic nitrogens is 6. The van der Waals surface area contributed by atoms with Crippen molar-refractivity contribution in [3.05, 3.63) is 82.5 Å². The van der Waals surface area contributed by atoms with E-state index in [4.69, 9.17) is 0 Å². The normalized spacial score (nSPS) is 14.7. The lowest BCUT2D eigenvalue weighted by atomic mass is 9.89. The molecule has 1 fully saturated rings. The fraction of sp³-hybridized carbons (Fsp3) is 0.357. The van der Waals surface area contributed by atoms with Gasteiger partial charge in [-0.15, -0.1) is 10.2 Å². The first-order valence-electron chi connectivity index (χ1n) is 12.6. The van der Waals surface area contributed by atoms with Crippen LogP contribution < -0.4 is 5.69 Å². The van der Waals surface area contributed by atoms with Crippen molar-refractivity contribution in [2.75, 3.05) is 0 Å². The van der Waals surface area contributed by atoms with Crippen molar-refractivity contribution >= 4 is 6.08 Å². The number of hydrogen-bond acceptors (Lipinski definition) is 4. The Balaban J connectivity index is 1.40. The molecule has 180 valence electrons.